The number of rotatable bonds is 4. The average Bonchev–Trinajstić information content (AvgIpc) is 2.48. The van der Waals surface area contributed by atoms with Crippen molar-refractivity contribution in [2.45, 2.75) is 31.4 Å². The molecule has 0 heterocycles. The van der Waals surface area contributed by atoms with E-state index in [-0.39, 0.29) is 0 Å². The number of ether oxygens (including phenoxy) is 1. The Morgan fingerprint density at radius 3 is 3.00 bits per heavy atom. The fourth-order valence-electron chi connectivity index (χ4n) is 1.59. The molecule has 1 saturated carbocycles. The Bertz CT molecular complexity index is 125. The molecular formula is C9H17NO. The lowest BCUT2D eigenvalue weighted by Crippen LogP contribution is -2.27. The topological polar surface area (TPSA) is 21.3 Å². The highest BCUT2D eigenvalue weighted by Gasteiger charge is 2.22. The maximum atomic E-state index is 5.26. The van der Waals surface area contributed by atoms with Gasteiger partial charge in [0.25, 0.3) is 0 Å². The molecule has 0 aromatic carbocycles. The molecule has 2 nitrogen and oxygen atoms in total. The van der Waals surface area contributed by atoms with Crippen molar-refractivity contribution in [1.29, 1.82) is 0 Å². The Morgan fingerprint density at radius 1 is 1.64 bits per heavy atom. The first-order valence-electron chi connectivity index (χ1n) is 4.24. The molecule has 0 amide bonds. The first-order valence-corrected chi connectivity index (χ1v) is 4.24. The van der Waals surface area contributed by atoms with Crippen LogP contribution in [-0.4, -0.2) is 25.8 Å². The highest BCUT2D eigenvalue weighted by molar-refractivity contribution is 4.83. The predicted octanol–water partition coefficient (Wildman–Crippen LogP) is 1.33. The van der Waals surface area contributed by atoms with Crippen molar-refractivity contribution in [3.05, 3.63) is 12.7 Å². The third-order valence-electron chi connectivity index (χ3n) is 2.27. The van der Waals surface area contributed by atoms with Crippen LogP contribution < -0.4 is 5.32 Å². The molecule has 0 aromatic rings. The average molecular weight is 155 g/mol. The third kappa shape index (κ3) is 2.64. The van der Waals surface area contributed by atoms with Crippen molar-refractivity contribution in [2.24, 2.45) is 0 Å². The van der Waals surface area contributed by atoms with Gasteiger partial charge in [-0.15, -0.1) is 6.58 Å². The zero-order chi connectivity index (χ0) is 8.10. The summed E-state index contributed by atoms with van der Waals surface area (Å²) in [5, 5.41) is 3.40. The Morgan fingerprint density at radius 2 is 2.45 bits per heavy atom. The molecule has 2 unspecified atom stereocenters. The molecule has 2 atom stereocenters. The van der Waals surface area contributed by atoms with Gasteiger partial charge in [0, 0.05) is 19.7 Å². The van der Waals surface area contributed by atoms with Gasteiger partial charge in [-0.25, -0.2) is 0 Å². The molecule has 0 saturated heterocycles. The molecule has 1 fully saturated rings. The van der Waals surface area contributed by atoms with E-state index in [0.717, 1.165) is 13.0 Å². The summed E-state index contributed by atoms with van der Waals surface area (Å²) in [4.78, 5) is 0. The number of hydrogen-bond acceptors (Lipinski definition) is 2. The molecule has 1 aliphatic carbocycles. The van der Waals surface area contributed by atoms with Gasteiger partial charge in [0.2, 0.25) is 0 Å². The van der Waals surface area contributed by atoms with Crippen LogP contribution in [0.3, 0.4) is 0 Å². The summed E-state index contributed by atoms with van der Waals surface area (Å²) in [5.41, 5.74) is 0. The lowest BCUT2D eigenvalue weighted by molar-refractivity contribution is 0.107. The molecular weight excluding hydrogens is 138 g/mol. The van der Waals surface area contributed by atoms with Crippen molar-refractivity contribution < 1.29 is 4.74 Å². The Hall–Kier alpha value is -0.340. The smallest absolute Gasteiger partial charge is 0.0586 e. The first kappa shape index (κ1) is 8.75. The van der Waals surface area contributed by atoms with Crippen LogP contribution in [0.1, 0.15) is 19.3 Å². The largest absolute Gasteiger partial charge is 0.381 e. The van der Waals surface area contributed by atoms with Gasteiger partial charge >= 0.3 is 0 Å². The molecule has 0 spiro atoms. The minimum Gasteiger partial charge on any atom is -0.381 e. The SMILES string of the molecule is C=CCNC1CCC(OC)C1. The van der Waals surface area contributed by atoms with Crippen molar-refractivity contribution >= 4 is 0 Å². The Labute approximate surface area is 68.6 Å². The maximum Gasteiger partial charge on any atom is 0.0586 e. The molecule has 2 heteroatoms. The van der Waals surface area contributed by atoms with Crippen LogP contribution in [0.15, 0.2) is 12.7 Å². The fraction of sp³-hybridized carbons (Fsp3) is 0.778. The van der Waals surface area contributed by atoms with E-state index in [2.05, 4.69) is 11.9 Å². The quantitative estimate of drug-likeness (QED) is 0.618. The molecule has 0 aromatic heterocycles. The lowest BCUT2D eigenvalue weighted by Gasteiger charge is -2.10. The second-order valence-corrected chi connectivity index (χ2v) is 3.06. The van der Waals surface area contributed by atoms with Crippen LogP contribution in [-0.2, 0) is 4.74 Å². The van der Waals surface area contributed by atoms with E-state index >= 15 is 0 Å². The van der Waals surface area contributed by atoms with Crippen molar-refractivity contribution in [1.82, 2.24) is 5.32 Å². The van der Waals surface area contributed by atoms with Gasteiger partial charge in [-0.3, -0.25) is 0 Å². The monoisotopic (exact) mass is 155 g/mol. The van der Waals surface area contributed by atoms with Gasteiger partial charge in [-0.2, -0.15) is 0 Å². The minimum absolute atomic E-state index is 0.484. The van der Waals surface area contributed by atoms with Crippen LogP contribution in [0.25, 0.3) is 0 Å². The van der Waals surface area contributed by atoms with E-state index in [9.17, 15) is 0 Å². The van der Waals surface area contributed by atoms with E-state index in [1.54, 1.807) is 7.11 Å². The molecule has 11 heavy (non-hydrogen) atoms. The molecule has 1 aliphatic rings. The fourth-order valence-corrected chi connectivity index (χ4v) is 1.59. The summed E-state index contributed by atoms with van der Waals surface area (Å²) in [6, 6.07) is 0.651. The first-order chi connectivity index (χ1) is 5.36. The minimum atomic E-state index is 0.484. The molecule has 1 rings (SSSR count). The Balaban J connectivity index is 2.13. The second-order valence-electron chi connectivity index (χ2n) is 3.06. The normalized spacial score (nSPS) is 30.6. The van der Waals surface area contributed by atoms with Crippen molar-refractivity contribution in [3.63, 3.8) is 0 Å². The summed E-state index contributed by atoms with van der Waals surface area (Å²) in [5.74, 6) is 0. The van der Waals surface area contributed by atoms with E-state index in [0.29, 0.717) is 12.1 Å². The highest BCUT2D eigenvalue weighted by Crippen LogP contribution is 2.20. The van der Waals surface area contributed by atoms with E-state index < -0.39 is 0 Å². The number of hydrogen-bond donors (Lipinski definition) is 1. The second kappa shape index (κ2) is 4.52. The van der Waals surface area contributed by atoms with E-state index in [1.165, 1.54) is 12.8 Å². The molecule has 0 aliphatic heterocycles. The van der Waals surface area contributed by atoms with Gasteiger partial charge in [0.15, 0.2) is 0 Å². The molecule has 64 valence electrons. The zero-order valence-corrected chi connectivity index (χ0v) is 7.18. The van der Waals surface area contributed by atoms with Gasteiger partial charge in [-0.05, 0) is 19.3 Å². The van der Waals surface area contributed by atoms with E-state index in [4.69, 9.17) is 4.74 Å². The predicted molar refractivity (Wildman–Crippen MR) is 46.6 cm³/mol. The van der Waals surface area contributed by atoms with Gasteiger partial charge < -0.3 is 10.1 Å². The number of methoxy groups -OCH3 is 1. The summed E-state index contributed by atoms with van der Waals surface area (Å²) in [6.45, 7) is 4.58. The van der Waals surface area contributed by atoms with Gasteiger partial charge in [0.1, 0.15) is 0 Å². The molecule has 0 radical (unpaired) electrons. The highest BCUT2D eigenvalue weighted by atomic mass is 16.5. The lowest BCUT2D eigenvalue weighted by atomic mass is 10.2. The van der Waals surface area contributed by atoms with Crippen molar-refractivity contribution in [3.8, 4) is 0 Å². The third-order valence-corrected chi connectivity index (χ3v) is 2.27. The summed E-state index contributed by atoms with van der Waals surface area (Å²) < 4.78 is 5.26. The van der Waals surface area contributed by atoms with Crippen LogP contribution >= 0.6 is 0 Å². The summed E-state index contributed by atoms with van der Waals surface area (Å²) in [7, 11) is 1.79. The summed E-state index contributed by atoms with van der Waals surface area (Å²) >= 11 is 0. The molecule has 0 bridgehead atoms. The number of nitrogens with one attached hydrogen (secondary N) is 1. The Kier molecular flexibility index (Phi) is 3.60. The van der Waals surface area contributed by atoms with E-state index in [1.807, 2.05) is 6.08 Å². The van der Waals surface area contributed by atoms with Crippen molar-refractivity contribution in [2.75, 3.05) is 13.7 Å². The standard InChI is InChI=1S/C9H17NO/c1-3-6-10-8-4-5-9(7-8)11-2/h3,8-10H,1,4-7H2,2H3. The zero-order valence-electron chi connectivity index (χ0n) is 7.18. The summed E-state index contributed by atoms with van der Waals surface area (Å²) in [6.07, 6.45) is 5.99. The maximum absolute atomic E-state index is 5.26. The van der Waals surface area contributed by atoms with Gasteiger partial charge in [0.05, 0.1) is 6.10 Å². The molecule has 1 N–H and O–H groups in total. The van der Waals surface area contributed by atoms with Gasteiger partial charge in [-0.1, -0.05) is 6.08 Å². The van der Waals surface area contributed by atoms with Crippen LogP contribution in [0.2, 0.25) is 0 Å². The van der Waals surface area contributed by atoms with Crippen LogP contribution in [0, 0.1) is 0 Å². The van der Waals surface area contributed by atoms with Crippen LogP contribution in [0.5, 0.6) is 0 Å². The van der Waals surface area contributed by atoms with Crippen LogP contribution in [0.4, 0.5) is 0 Å².